The van der Waals surface area contributed by atoms with E-state index in [4.69, 9.17) is 11.6 Å². The Hall–Kier alpha value is -1.61. The fraction of sp³-hybridized carbons (Fsp3) is 0. The highest BCUT2D eigenvalue weighted by Crippen LogP contribution is 2.33. The smallest absolute Gasteiger partial charge is 0.166 e. The molecule has 0 unspecified atom stereocenters. The molecule has 2 rings (SSSR count). The Morgan fingerprint density at radius 2 is 1.75 bits per heavy atom. The van der Waals surface area contributed by atoms with Gasteiger partial charge in [0.1, 0.15) is 5.75 Å². The lowest BCUT2D eigenvalue weighted by Gasteiger charge is -2.06. The Balaban J connectivity index is 2.63. The summed E-state index contributed by atoms with van der Waals surface area (Å²) < 4.78 is 26.4. The van der Waals surface area contributed by atoms with Crippen LogP contribution in [0.5, 0.6) is 5.75 Å². The number of rotatable bonds is 1. The van der Waals surface area contributed by atoms with Crippen LogP contribution in [0.15, 0.2) is 36.4 Å². The van der Waals surface area contributed by atoms with Gasteiger partial charge in [-0.25, -0.2) is 8.78 Å². The normalized spacial score (nSPS) is 10.4. The quantitative estimate of drug-likeness (QED) is 0.799. The molecule has 0 aliphatic carbocycles. The van der Waals surface area contributed by atoms with E-state index in [0.717, 1.165) is 6.07 Å². The SMILES string of the molecule is Oc1cc(Cl)ccc1-c1cccc(F)c1F. The van der Waals surface area contributed by atoms with Gasteiger partial charge in [0.25, 0.3) is 0 Å². The van der Waals surface area contributed by atoms with Crippen LogP contribution in [0, 0.1) is 11.6 Å². The Labute approximate surface area is 95.9 Å². The fourth-order valence-electron chi connectivity index (χ4n) is 1.44. The topological polar surface area (TPSA) is 20.2 Å². The maximum Gasteiger partial charge on any atom is 0.166 e. The van der Waals surface area contributed by atoms with Crippen molar-refractivity contribution in [2.24, 2.45) is 0 Å². The molecule has 1 N–H and O–H groups in total. The zero-order valence-corrected chi connectivity index (χ0v) is 8.80. The van der Waals surface area contributed by atoms with Gasteiger partial charge in [0.05, 0.1) is 0 Å². The van der Waals surface area contributed by atoms with Crippen molar-refractivity contribution in [1.29, 1.82) is 0 Å². The van der Waals surface area contributed by atoms with Crippen molar-refractivity contribution in [3.63, 3.8) is 0 Å². The number of benzene rings is 2. The van der Waals surface area contributed by atoms with E-state index in [9.17, 15) is 13.9 Å². The van der Waals surface area contributed by atoms with Crippen LogP contribution in [0.4, 0.5) is 8.78 Å². The Kier molecular flexibility index (Phi) is 2.79. The Morgan fingerprint density at radius 1 is 1.00 bits per heavy atom. The van der Waals surface area contributed by atoms with Crippen LogP contribution in [-0.4, -0.2) is 5.11 Å². The van der Waals surface area contributed by atoms with Crippen LogP contribution in [0.1, 0.15) is 0 Å². The van der Waals surface area contributed by atoms with Crippen molar-refractivity contribution in [2.75, 3.05) is 0 Å². The average Bonchev–Trinajstić information content (AvgIpc) is 2.23. The van der Waals surface area contributed by atoms with Crippen LogP contribution in [0.3, 0.4) is 0 Å². The molecule has 0 aliphatic rings. The van der Waals surface area contributed by atoms with Gasteiger partial charge < -0.3 is 5.11 Å². The highest BCUT2D eigenvalue weighted by Gasteiger charge is 2.12. The first kappa shape index (κ1) is 10.9. The first-order valence-electron chi connectivity index (χ1n) is 4.52. The van der Waals surface area contributed by atoms with E-state index in [0.29, 0.717) is 5.02 Å². The van der Waals surface area contributed by atoms with Crippen LogP contribution < -0.4 is 0 Å². The lowest BCUT2D eigenvalue weighted by molar-refractivity contribution is 0.475. The van der Waals surface area contributed by atoms with E-state index in [1.165, 1.54) is 30.3 Å². The van der Waals surface area contributed by atoms with Crippen LogP contribution in [0.2, 0.25) is 5.02 Å². The summed E-state index contributed by atoms with van der Waals surface area (Å²) in [7, 11) is 0. The first-order chi connectivity index (χ1) is 7.59. The third-order valence-corrected chi connectivity index (χ3v) is 2.44. The number of phenolic OH excluding ortho intramolecular Hbond substituents is 1. The summed E-state index contributed by atoms with van der Waals surface area (Å²) >= 11 is 5.65. The summed E-state index contributed by atoms with van der Waals surface area (Å²) in [6, 6.07) is 8.01. The summed E-state index contributed by atoms with van der Waals surface area (Å²) in [4.78, 5) is 0. The highest BCUT2D eigenvalue weighted by atomic mass is 35.5. The van der Waals surface area contributed by atoms with Gasteiger partial charge in [0.15, 0.2) is 11.6 Å². The largest absolute Gasteiger partial charge is 0.507 e. The van der Waals surface area contributed by atoms with E-state index in [1.807, 2.05) is 0 Å². The zero-order valence-electron chi connectivity index (χ0n) is 8.05. The summed E-state index contributed by atoms with van der Waals surface area (Å²) in [5.74, 6) is -2.12. The van der Waals surface area contributed by atoms with Crippen molar-refractivity contribution in [3.8, 4) is 16.9 Å². The van der Waals surface area contributed by atoms with Gasteiger partial charge in [-0.05, 0) is 24.3 Å². The van der Waals surface area contributed by atoms with Crippen molar-refractivity contribution in [2.45, 2.75) is 0 Å². The second-order valence-electron chi connectivity index (χ2n) is 3.26. The van der Waals surface area contributed by atoms with Crippen LogP contribution in [-0.2, 0) is 0 Å². The molecule has 0 atom stereocenters. The standard InChI is InChI=1S/C12H7ClF2O/c13-7-4-5-8(11(16)6-7)9-2-1-3-10(14)12(9)15/h1-6,16H. The van der Waals surface area contributed by atoms with Crippen LogP contribution in [0.25, 0.3) is 11.1 Å². The molecule has 0 radical (unpaired) electrons. The Morgan fingerprint density at radius 3 is 2.44 bits per heavy atom. The predicted molar refractivity (Wildman–Crippen MR) is 58.5 cm³/mol. The van der Waals surface area contributed by atoms with E-state index >= 15 is 0 Å². The minimum absolute atomic E-state index is 0.00849. The maximum atomic E-state index is 13.4. The number of hydrogen-bond donors (Lipinski definition) is 1. The lowest BCUT2D eigenvalue weighted by Crippen LogP contribution is -1.89. The fourth-order valence-corrected chi connectivity index (χ4v) is 1.61. The van der Waals surface area contributed by atoms with Crippen molar-refractivity contribution in [3.05, 3.63) is 53.1 Å². The number of halogens is 3. The molecule has 82 valence electrons. The van der Waals surface area contributed by atoms with Gasteiger partial charge >= 0.3 is 0 Å². The molecule has 1 nitrogen and oxygen atoms in total. The second kappa shape index (κ2) is 4.10. The minimum Gasteiger partial charge on any atom is -0.507 e. The summed E-state index contributed by atoms with van der Waals surface area (Å²) in [6.45, 7) is 0. The number of hydrogen-bond acceptors (Lipinski definition) is 1. The molecule has 0 fully saturated rings. The van der Waals surface area contributed by atoms with Crippen LogP contribution >= 0.6 is 11.6 Å². The van der Waals surface area contributed by atoms with Gasteiger partial charge in [-0.1, -0.05) is 23.7 Å². The predicted octanol–water partition coefficient (Wildman–Crippen LogP) is 3.99. The molecule has 2 aromatic carbocycles. The van der Waals surface area contributed by atoms with E-state index in [1.54, 1.807) is 0 Å². The highest BCUT2D eigenvalue weighted by molar-refractivity contribution is 6.30. The summed E-state index contributed by atoms with van der Waals surface area (Å²) in [5, 5.41) is 9.92. The molecule has 0 heterocycles. The molecular formula is C12H7ClF2O. The summed E-state index contributed by atoms with van der Waals surface area (Å²) in [5.41, 5.74) is 0.218. The Bertz CT molecular complexity index is 541. The molecule has 0 aromatic heterocycles. The van der Waals surface area contributed by atoms with E-state index in [2.05, 4.69) is 0 Å². The maximum absolute atomic E-state index is 13.4. The van der Waals surface area contributed by atoms with Gasteiger partial charge in [0.2, 0.25) is 0 Å². The lowest BCUT2D eigenvalue weighted by atomic mass is 10.0. The average molecular weight is 241 g/mol. The van der Waals surface area contributed by atoms with Gasteiger partial charge in [-0.2, -0.15) is 0 Å². The minimum atomic E-state index is -0.986. The summed E-state index contributed by atoms with van der Waals surface area (Å²) in [6.07, 6.45) is 0. The first-order valence-corrected chi connectivity index (χ1v) is 4.90. The molecule has 2 aromatic rings. The number of aromatic hydroxyl groups is 1. The monoisotopic (exact) mass is 240 g/mol. The zero-order chi connectivity index (χ0) is 11.7. The van der Waals surface area contributed by atoms with Gasteiger partial charge in [-0.3, -0.25) is 0 Å². The molecule has 0 aliphatic heterocycles. The molecule has 16 heavy (non-hydrogen) atoms. The van der Waals surface area contributed by atoms with E-state index < -0.39 is 11.6 Å². The van der Waals surface area contributed by atoms with E-state index in [-0.39, 0.29) is 16.9 Å². The van der Waals surface area contributed by atoms with Crippen molar-refractivity contribution >= 4 is 11.6 Å². The second-order valence-corrected chi connectivity index (χ2v) is 3.70. The molecular weight excluding hydrogens is 234 g/mol. The van der Waals surface area contributed by atoms with Gasteiger partial charge in [-0.15, -0.1) is 0 Å². The molecule has 0 saturated heterocycles. The molecule has 0 saturated carbocycles. The third-order valence-electron chi connectivity index (χ3n) is 2.20. The van der Waals surface area contributed by atoms with Crippen molar-refractivity contribution in [1.82, 2.24) is 0 Å². The molecule has 0 spiro atoms. The molecule has 0 bridgehead atoms. The van der Waals surface area contributed by atoms with Crippen molar-refractivity contribution < 1.29 is 13.9 Å². The van der Waals surface area contributed by atoms with Gasteiger partial charge in [0, 0.05) is 16.1 Å². The molecule has 0 amide bonds. The third kappa shape index (κ3) is 1.86. The molecule has 4 heteroatoms. The number of phenols is 1.